The predicted octanol–water partition coefficient (Wildman–Crippen LogP) is 3.41. The summed E-state index contributed by atoms with van der Waals surface area (Å²) in [6, 6.07) is 0.0733. The molecular weight excluding hydrogens is 324 g/mol. The molecule has 1 fully saturated rings. The topological polar surface area (TPSA) is 67.4 Å². The van der Waals surface area contributed by atoms with Crippen LogP contribution >= 0.6 is 11.3 Å². The van der Waals surface area contributed by atoms with Crippen molar-refractivity contribution in [3.8, 4) is 0 Å². The van der Waals surface area contributed by atoms with Crippen molar-refractivity contribution < 1.29 is 9.53 Å². The lowest BCUT2D eigenvalue weighted by molar-refractivity contribution is 0.0509. The van der Waals surface area contributed by atoms with Gasteiger partial charge in [0.2, 0.25) is 0 Å². The van der Waals surface area contributed by atoms with E-state index < -0.39 is 5.60 Å². The number of hydrogen-bond donors (Lipinski definition) is 1. The number of amides is 1. The van der Waals surface area contributed by atoms with E-state index in [0.717, 1.165) is 41.4 Å². The van der Waals surface area contributed by atoms with Crippen molar-refractivity contribution in [3.63, 3.8) is 0 Å². The minimum Gasteiger partial charge on any atom is -0.444 e. The number of aryl methyl sites for hydroxylation is 2. The van der Waals surface area contributed by atoms with Crippen LogP contribution in [0.5, 0.6) is 0 Å². The van der Waals surface area contributed by atoms with Crippen LogP contribution in [-0.4, -0.2) is 40.8 Å². The predicted molar refractivity (Wildman–Crippen MR) is 96.9 cm³/mol. The average molecular weight is 348 g/mol. The zero-order chi connectivity index (χ0) is 17.5. The van der Waals surface area contributed by atoms with E-state index in [9.17, 15) is 4.79 Å². The molecule has 0 saturated carbocycles. The van der Waals surface area contributed by atoms with Gasteiger partial charge >= 0.3 is 6.09 Å². The van der Waals surface area contributed by atoms with Crippen molar-refractivity contribution >= 4 is 33.5 Å². The number of thiophene rings is 1. The van der Waals surface area contributed by atoms with Crippen molar-refractivity contribution in [1.82, 2.24) is 15.3 Å². The first-order valence-electron chi connectivity index (χ1n) is 8.20. The number of alkyl carbamates (subject to hydrolysis) is 1. The molecule has 1 atom stereocenters. The maximum atomic E-state index is 12.0. The standard InChI is InChI=1S/C17H24N4O2S/c1-10-9-24-15-13(10)14(18-11(2)19-15)21-7-6-12(8-21)20-16(22)23-17(3,4)5/h9,12H,6-8H2,1-5H3,(H,20,22)/t12-/m1/s1. The van der Waals surface area contributed by atoms with Crippen molar-refractivity contribution in [2.24, 2.45) is 0 Å². The van der Waals surface area contributed by atoms with Crippen LogP contribution in [0.4, 0.5) is 10.6 Å². The first-order valence-corrected chi connectivity index (χ1v) is 9.08. The molecule has 2 aromatic rings. The summed E-state index contributed by atoms with van der Waals surface area (Å²) < 4.78 is 5.34. The van der Waals surface area contributed by atoms with Gasteiger partial charge in [-0.05, 0) is 52.0 Å². The molecule has 1 N–H and O–H groups in total. The summed E-state index contributed by atoms with van der Waals surface area (Å²) in [6.45, 7) is 11.2. The molecule has 24 heavy (non-hydrogen) atoms. The van der Waals surface area contributed by atoms with Crippen LogP contribution in [0.25, 0.3) is 10.2 Å². The van der Waals surface area contributed by atoms with E-state index in [4.69, 9.17) is 4.74 Å². The zero-order valence-corrected chi connectivity index (χ0v) is 15.7. The number of ether oxygens (including phenoxy) is 1. The molecule has 0 spiro atoms. The Hall–Kier alpha value is -1.89. The second kappa shape index (κ2) is 6.20. The molecule has 0 aromatic carbocycles. The monoisotopic (exact) mass is 348 g/mol. The third-order valence-electron chi connectivity index (χ3n) is 3.92. The summed E-state index contributed by atoms with van der Waals surface area (Å²) in [7, 11) is 0. The number of carbonyl (C=O) groups excluding carboxylic acids is 1. The van der Waals surface area contributed by atoms with E-state index in [0.29, 0.717) is 0 Å². The quantitative estimate of drug-likeness (QED) is 0.901. The first kappa shape index (κ1) is 17.0. The Kier molecular flexibility index (Phi) is 4.38. The lowest BCUT2D eigenvalue weighted by Crippen LogP contribution is -2.40. The molecule has 0 bridgehead atoms. The largest absolute Gasteiger partial charge is 0.444 e. The molecular formula is C17H24N4O2S. The Morgan fingerprint density at radius 1 is 1.38 bits per heavy atom. The molecule has 130 valence electrons. The van der Waals surface area contributed by atoms with Gasteiger partial charge in [0.15, 0.2) is 0 Å². The van der Waals surface area contributed by atoms with Crippen LogP contribution in [-0.2, 0) is 4.74 Å². The third-order valence-corrected chi connectivity index (χ3v) is 4.91. The number of rotatable bonds is 2. The van der Waals surface area contributed by atoms with Crippen LogP contribution < -0.4 is 10.2 Å². The van der Waals surface area contributed by atoms with Crippen LogP contribution in [0, 0.1) is 13.8 Å². The third kappa shape index (κ3) is 3.61. The van der Waals surface area contributed by atoms with Gasteiger partial charge in [0.25, 0.3) is 0 Å². The summed E-state index contributed by atoms with van der Waals surface area (Å²) >= 11 is 1.65. The van der Waals surface area contributed by atoms with Crippen LogP contribution in [0.3, 0.4) is 0 Å². The summed E-state index contributed by atoms with van der Waals surface area (Å²) in [5.74, 6) is 1.76. The van der Waals surface area contributed by atoms with Crippen molar-refractivity contribution in [3.05, 3.63) is 16.8 Å². The van der Waals surface area contributed by atoms with Gasteiger partial charge < -0.3 is 15.0 Å². The lowest BCUT2D eigenvalue weighted by Gasteiger charge is -2.22. The summed E-state index contributed by atoms with van der Waals surface area (Å²) in [6.07, 6.45) is 0.526. The van der Waals surface area contributed by atoms with Gasteiger partial charge in [-0.3, -0.25) is 0 Å². The van der Waals surface area contributed by atoms with E-state index >= 15 is 0 Å². The molecule has 2 aromatic heterocycles. The second-order valence-electron chi connectivity index (χ2n) is 7.27. The molecule has 7 heteroatoms. The van der Waals surface area contributed by atoms with Gasteiger partial charge in [-0.25, -0.2) is 14.8 Å². The SMILES string of the molecule is Cc1nc(N2CC[C@@H](NC(=O)OC(C)(C)C)C2)c2c(C)csc2n1. The minimum absolute atomic E-state index is 0.0733. The molecule has 3 rings (SSSR count). The van der Waals surface area contributed by atoms with Crippen LogP contribution in [0.1, 0.15) is 38.6 Å². The molecule has 1 aliphatic rings. The molecule has 6 nitrogen and oxygen atoms in total. The Balaban J connectivity index is 1.74. The fraction of sp³-hybridized carbons (Fsp3) is 0.588. The average Bonchev–Trinajstić information content (AvgIpc) is 3.03. The molecule has 0 radical (unpaired) electrons. The molecule has 3 heterocycles. The fourth-order valence-corrected chi connectivity index (χ4v) is 3.90. The van der Waals surface area contributed by atoms with Crippen molar-refractivity contribution in [1.29, 1.82) is 0 Å². The van der Waals surface area contributed by atoms with E-state index in [-0.39, 0.29) is 12.1 Å². The molecule has 0 unspecified atom stereocenters. The maximum absolute atomic E-state index is 12.0. The van der Waals surface area contributed by atoms with Crippen molar-refractivity contribution in [2.75, 3.05) is 18.0 Å². The van der Waals surface area contributed by atoms with Crippen LogP contribution in [0.2, 0.25) is 0 Å². The van der Waals surface area contributed by atoms with Gasteiger partial charge in [0.1, 0.15) is 22.1 Å². The number of nitrogens with zero attached hydrogens (tertiary/aromatic N) is 3. The Labute approximate surface area is 146 Å². The second-order valence-corrected chi connectivity index (χ2v) is 8.13. The fourth-order valence-electron chi connectivity index (χ4n) is 2.94. The maximum Gasteiger partial charge on any atom is 0.407 e. The van der Waals surface area contributed by atoms with Gasteiger partial charge in [0, 0.05) is 13.1 Å². The number of nitrogens with one attached hydrogen (secondary N) is 1. The van der Waals surface area contributed by atoms with E-state index in [2.05, 4.69) is 32.5 Å². The van der Waals surface area contributed by atoms with Gasteiger partial charge in [-0.2, -0.15) is 0 Å². The zero-order valence-electron chi connectivity index (χ0n) is 14.8. The van der Waals surface area contributed by atoms with E-state index in [1.165, 1.54) is 5.56 Å². The number of carbonyl (C=O) groups is 1. The molecule has 1 aliphatic heterocycles. The lowest BCUT2D eigenvalue weighted by atomic mass is 10.2. The number of aromatic nitrogens is 2. The molecule has 0 aliphatic carbocycles. The first-order chi connectivity index (χ1) is 11.2. The van der Waals surface area contributed by atoms with E-state index in [1.54, 1.807) is 11.3 Å². The molecule has 1 amide bonds. The highest BCUT2D eigenvalue weighted by atomic mass is 32.1. The highest BCUT2D eigenvalue weighted by Gasteiger charge is 2.28. The molecule has 1 saturated heterocycles. The summed E-state index contributed by atoms with van der Waals surface area (Å²) in [4.78, 5) is 24.4. The summed E-state index contributed by atoms with van der Waals surface area (Å²) in [5.41, 5.74) is 0.722. The Bertz CT molecular complexity index is 766. The Morgan fingerprint density at radius 2 is 2.12 bits per heavy atom. The highest BCUT2D eigenvalue weighted by molar-refractivity contribution is 7.17. The van der Waals surface area contributed by atoms with Gasteiger partial charge in [-0.15, -0.1) is 11.3 Å². The normalized spacial score (nSPS) is 18.2. The Morgan fingerprint density at radius 3 is 2.83 bits per heavy atom. The highest BCUT2D eigenvalue weighted by Crippen LogP contribution is 2.33. The number of fused-ring (bicyclic) bond motifs is 1. The van der Waals surface area contributed by atoms with Crippen molar-refractivity contribution in [2.45, 2.75) is 52.7 Å². The van der Waals surface area contributed by atoms with Gasteiger partial charge in [0.05, 0.1) is 11.4 Å². The number of hydrogen-bond acceptors (Lipinski definition) is 6. The minimum atomic E-state index is -0.480. The van der Waals surface area contributed by atoms with Gasteiger partial charge in [-0.1, -0.05) is 0 Å². The summed E-state index contributed by atoms with van der Waals surface area (Å²) in [5, 5.41) is 6.21. The number of anilines is 1. The van der Waals surface area contributed by atoms with Crippen LogP contribution in [0.15, 0.2) is 5.38 Å². The van der Waals surface area contributed by atoms with E-state index in [1.807, 2.05) is 27.7 Å². The smallest absolute Gasteiger partial charge is 0.407 e.